The Labute approximate surface area is 138 Å². The second-order valence-corrected chi connectivity index (χ2v) is 7.11. The normalized spacial score (nSPS) is 11.1. The topological polar surface area (TPSA) is 84.9 Å². The van der Waals surface area contributed by atoms with Gasteiger partial charge in [-0.05, 0) is 34.5 Å². The highest BCUT2D eigenvalue weighted by Crippen LogP contribution is 2.37. The van der Waals surface area contributed by atoms with Gasteiger partial charge >= 0.3 is 0 Å². The van der Waals surface area contributed by atoms with Gasteiger partial charge in [0.05, 0.1) is 30.0 Å². The lowest BCUT2D eigenvalue weighted by atomic mass is 10.1. The molecule has 1 rings (SSSR count). The Morgan fingerprint density at radius 1 is 1.36 bits per heavy atom. The fourth-order valence-corrected chi connectivity index (χ4v) is 3.41. The van der Waals surface area contributed by atoms with Gasteiger partial charge in [-0.2, -0.15) is 0 Å². The van der Waals surface area contributed by atoms with Gasteiger partial charge in [-0.15, -0.1) is 0 Å². The zero-order chi connectivity index (χ0) is 16.9. The molecule has 0 fully saturated rings. The van der Waals surface area contributed by atoms with Crippen LogP contribution in [0.2, 0.25) is 0 Å². The van der Waals surface area contributed by atoms with E-state index in [1.807, 2.05) is 0 Å². The molecule has 0 aromatic heterocycles. The van der Waals surface area contributed by atoms with E-state index in [1.54, 1.807) is 13.0 Å². The molecule has 9 heteroatoms. The van der Waals surface area contributed by atoms with Crippen molar-refractivity contribution in [3.63, 3.8) is 0 Å². The highest BCUT2D eigenvalue weighted by molar-refractivity contribution is 9.10. The molecule has 22 heavy (non-hydrogen) atoms. The predicted molar refractivity (Wildman–Crippen MR) is 87.5 cm³/mol. The van der Waals surface area contributed by atoms with Crippen molar-refractivity contribution in [2.24, 2.45) is 0 Å². The van der Waals surface area contributed by atoms with Crippen LogP contribution in [0.25, 0.3) is 0 Å². The highest BCUT2D eigenvalue weighted by Gasteiger charge is 2.24. The maximum Gasteiger partial charge on any atom is 0.279 e. The van der Waals surface area contributed by atoms with E-state index >= 15 is 0 Å². The molecular formula is C13H19BrN2O5S. The average Bonchev–Trinajstić information content (AvgIpc) is 2.45. The van der Waals surface area contributed by atoms with Gasteiger partial charge in [0.1, 0.15) is 5.69 Å². The van der Waals surface area contributed by atoms with E-state index in [0.29, 0.717) is 10.9 Å². The second-order valence-electron chi connectivity index (χ2n) is 4.41. The maximum absolute atomic E-state index is 12.3. The quantitative estimate of drug-likeness (QED) is 0.716. The molecule has 1 amide bonds. The molecule has 0 heterocycles. The number of nitrogens with zero attached hydrogens (tertiary/aromatic N) is 1. The van der Waals surface area contributed by atoms with Crippen LogP contribution in [0.4, 0.5) is 5.69 Å². The minimum absolute atomic E-state index is 0.0591. The zero-order valence-electron chi connectivity index (χ0n) is 12.8. The van der Waals surface area contributed by atoms with E-state index < -0.39 is 15.9 Å². The number of halogens is 1. The highest BCUT2D eigenvalue weighted by atomic mass is 79.9. The number of carbonyl (C=O) groups is 1. The number of hydrogen-bond acceptors (Lipinski definition) is 5. The molecule has 0 spiro atoms. The Hall–Kier alpha value is -1.32. The summed E-state index contributed by atoms with van der Waals surface area (Å²) in [7, 11) is 0.584. The number of anilines is 1. The Bertz CT molecular complexity index is 648. The molecule has 124 valence electrons. The van der Waals surface area contributed by atoms with Crippen LogP contribution in [0.5, 0.6) is 5.75 Å². The van der Waals surface area contributed by atoms with Crippen molar-refractivity contribution < 1.29 is 22.8 Å². The van der Waals surface area contributed by atoms with Crippen LogP contribution in [-0.4, -0.2) is 46.4 Å². The molecule has 1 N–H and O–H groups in total. The number of rotatable bonds is 7. The third-order valence-electron chi connectivity index (χ3n) is 2.83. The van der Waals surface area contributed by atoms with E-state index in [0.717, 1.165) is 5.06 Å². The maximum atomic E-state index is 12.3. The van der Waals surface area contributed by atoms with Gasteiger partial charge in [-0.1, -0.05) is 6.92 Å². The van der Waals surface area contributed by atoms with Crippen molar-refractivity contribution in [3.05, 3.63) is 22.2 Å². The number of carbonyl (C=O) groups excluding carboxylic acids is 1. The fraction of sp³-hybridized carbons (Fsp3) is 0.462. The Morgan fingerprint density at radius 2 is 2.00 bits per heavy atom. The van der Waals surface area contributed by atoms with E-state index in [1.165, 1.54) is 27.3 Å². The van der Waals surface area contributed by atoms with Gasteiger partial charge < -0.3 is 4.74 Å². The van der Waals surface area contributed by atoms with Crippen LogP contribution in [0.1, 0.15) is 23.7 Å². The predicted octanol–water partition coefficient (Wildman–Crippen LogP) is 2.24. The molecule has 0 saturated heterocycles. The van der Waals surface area contributed by atoms with Crippen molar-refractivity contribution in [3.8, 4) is 5.75 Å². The molecule has 0 aliphatic carbocycles. The summed E-state index contributed by atoms with van der Waals surface area (Å²) in [5.74, 6) is -0.325. The number of hydroxylamine groups is 2. The molecule has 7 nitrogen and oxygen atoms in total. The summed E-state index contributed by atoms with van der Waals surface area (Å²) in [4.78, 5) is 17.2. The number of hydrogen-bond donors (Lipinski definition) is 1. The van der Waals surface area contributed by atoms with Crippen LogP contribution in [-0.2, 0) is 14.9 Å². The number of ether oxygens (including phenoxy) is 1. The number of benzene rings is 1. The van der Waals surface area contributed by atoms with Crippen molar-refractivity contribution >= 4 is 37.5 Å². The van der Waals surface area contributed by atoms with E-state index in [-0.39, 0.29) is 22.8 Å². The van der Waals surface area contributed by atoms with E-state index in [9.17, 15) is 13.2 Å². The fourth-order valence-electron chi connectivity index (χ4n) is 1.76. The third-order valence-corrected chi connectivity index (χ3v) is 4.92. The van der Waals surface area contributed by atoms with E-state index in [2.05, 4.69) is 20.7 Å². The molecule has 0 aliphatic heterocycles. The first-order valence-electron chi connectivity index (χ1n) is 6.46. The number of methoxy groups -OCH3 is 1. The van der Waals surface area contributed by atoms with Gasteiger partial charge in [-0.3, -0.25) is 14.4 Å². The molecule has 0 atom stereocenters. The molecule has 0 radical (unpaired) electrons. The Kier molecular flexibility index (Phi) is 6.64. The monoisotopic (exact) mass is 394 g/mol. The lowest BCUT2D eigenvalue weighted by molar-refractivity contribution is -0.0756. The molecule has 1 aromatic rings. The van der Waals surface area contributed by atoms with Gasteiger partial charge in [0, 0.05) is 7.05 Å². The molecule has 0 saturated carbocycles. The second kappa shape index (κ2) is 7.80. The first-order valence-corrected chi connectivity index (χ1v) is 8.91. The van der Waals surface area contributed by atoms with Crippen molar-refractivity contribution in [2.45, 2.75) is 13.3 Å². The number of nitrogens with one attached hydrogen (secondary N) is 1. The number of amides is 1. The van der Waals surface area contributed by atoms with Gasteiger partial charge in [0.15, 0.2) is 5.75 Å². The summed E-state index contributed by atoms with van der Waals surface area (Å²) in [6.45, 7) is 1.75. The lowest BCUT2D eigenvalue weighted by Crippen LogP contribution is -2.27. The van der Waals surface area contributed by atoms with Crippen molar-refractivity contribution in [2.75, 3.05) is 31.7 Å². The number of sulfonamides is 1. The van der Waals surface area contributed by atoms with Gasteiger partial charge in [-0.25, -0.2) is 13.5 Å². The minimum atomic E-state index is -3.58. The zero-order valence-corrected chi connectivity index (χ0v) is 15.2. The molecular weight excluding hydrogens is 376 g/mol. The van der Waals surface area contributed by atoms with Crippen LogP contribution in [0.3, 0.4) is 0 Å². The Balaban J connectivity index is 3.43. The molecule has 0 aliphatic rings. The third kappa shape index (κ3) is 4.34. The summed E-state index contributed by atoms with van der Waals surface area (Å²) in [5.41, 5.74) is 0.211. The van der Waals surface area contributed by atoms with Crippen LogP contribution >= 0.6 is 15.9 Å². The smallest absolute Gasteiger partial charge is 0.279 e. The van der Waals surface area contributed by atoms with E-state index in [4.69, 9.17) is 9.57 Å². The first-order chi connectivity index (χ1) is 10.3. The van der Waals surface area contributed by atoms with Gasteiger partial charge in [0.2, 0.25) is 10.0 Å². The largest absolute Gasteiger partial charge is 0.493 e. The summed E-state index contributed by atoms with van der Waals surface area (Å²) < 4.78 is 32.3. The molecule has 0 bridgehead atoms. The van der Waals surface area contributed by atoms with Gasteiger partial charge in [0.25, 0.3) is 5.91 Å². The summed E-state index contributed by atoms with van der Waals surface area (Å²) in [6, 6.07) is 3.10. The first kappa shape index (κ1) is 18.7. The average molecular weight is 395 g/mol. The van der Waals surface area contributed by atoms with Crippen LogP contribution in [0.15, 0.2) is 16.6 Å². The molecule has 0 unspecified atom stereocenters. The Morgan fingerprint density at radius 3 is 2.50 bits per heavy atom. The summed E-state index contributed by atoms with van der Waals surface area (Å²) in [5, 5.41) is 1.00. The minimum Gasteiger partial charge on any atom is -0.493 e. The standard InChI is InChI=1S/C13H19BrN2O5S/c1-5-8-22(18,19)15-11-9(13(17)16(2)21-4)6-7-10(14)12(11)20-3/h6-7,15H,5,8H2,1-4H3. The summed E-state index contributed by atoms with van der Waals surface area (Å²) in [6.07, 6.45) is 0.451. The lowest BCUT2D eigenvalue weighted by Gasteiger charge is -2.19. The van der Waals surface area contributed by atoms with Crippen molar-refractivity contribution in [1.82, 2.24) is 5.06 Å². The molecule has 1 aromatic carbocycles. The van der Waals surface area contributed by atoms with Crippen LogP contribution in [0, 0.1) is 0 Å². The van der Waals surface area contributed by atoms with Crippen LogP contribution < -0.4 is 9.46 Å². The SMILES string of the molecule is CCCS(=O)(=O)Nc1c(C(=O)N(C)OC)ccc(Br)c1OC. The summed E-state index contributed by atoms with van der Waals surface area (Å²) >= 11 is 3.28. The van der Waals surface area contributed by atoms with Crippen molar-refractivity contribution in [1.29, 1.82) is 0 Å².